The van der Waals surface area contributed by atoms with Gasteiger partial charge in [-0.15, -0.1) is 0 Å². The Labute approximate surface area is 258 Å². The second-order valence-corrected chi connectivity index (χ2v) is 12.4. The third kappa shape index (κ3) is 6.71. The smallest absolute Gasteiger partial charge is 0.339 e. The minimum atomic E-state index is -0.682. The van der Waals surface area contributed by atoms with Crippen LogP contribution < -0.4 is 5.32 Å². The first kappa shape index (κ1) is 30.2. The molecule has 43 heavy (non-hydrogen) atoms. The maximum Gasteiger partial charge on any atom is 0.339 e. The van der Waals surface area contributed by atoms with Gasteiger partial charge in [0.05, 0.1) is 32.4 Å². The lowest BCUT2D eigenvalue weighted by Crippen LogP contribution is -2.29. The molecule has 1 atom stereocenters. The number of nitro benzene ring substituents is 1. The van der Waals surface area contributed by atoms with E-state index in [1.165, 1.54) is 12.1 Å². The second-order valence-electron chi connectivity index (χ2n) is 11.6. The third-order valence-corrected chi connectivity index (χ3v) is 8.20. The summed E-state index contributed by atoms with van der Waals surface area (Å²) in [5.41, 5.74) is 4.23. The molecule has 4 aromatic rings. The Hall–Kier alpha value is -4.27. The first-order valence-corrected chi connectivity index (χ1v) is 14.5. The number of nitro groups is 1. The van der Waals surface area contributed by atoms with Gasteiger partial charge in [0.25, 0.3) is 11.6 Å². The van der Waals surface area contributed by atoms with Crippen molar-refractivity contribution >= 4 is 69.0 Å². The fraction of sp³-hybridized carbons (Fsp3) is 0.242. The predicted molar refractivity (Wildman–Crippen MR) is 169 cm³/mol. The Bertz CT molecular complexity index is 1780. The minimum absolute atomic E-state index is 0.0497. The molecule has 0 fully saturated rings. The summed E-state index contributed by atoms with van der Waals surface area (Å²) >= 11 is 12.2. The standard InChI is InChI=1S/C33H29Cl2N3O5/c1-33(2,3)21-15-20(14-19-8-10-22(34)11-9-19)31-25(16-21)30(24-6-4-5-7-27(24)37-31)32(40)43-18-29(39)36-28-17-23(38(41)42)12-13-26(28)35/h4-14,17,21H,15-16,18H2,1-3H3,(H,36,39)/b20-14-. The topological polar surface area (TPSA) is 111 Å². The third-order valence-electron chi connectivity index (χ3n) is 7.62. The molecule has 1 heterocycles. The van der Waals surface area contributed by atoms with Crippen LogP contribution in [-0.2, 0) is 16.0 Å². The number of rotatable bonds is 6. The van der Waals surface area contributed by atoms with E-state index in [4.69, 9.17) is 32.9 Å². The van der Waals surface area contributed by atoms with Crippen LogP contribution in [0.3, 0.4) is 0 Å². The molecule has 8 nitrogen and oxygen atoms in total. The molecule has 1 amide bonds. The molecule has 0 aliphatic heterocycles. The summed E-state index contributed by atoms with van der Waals surface area (Å²) in [4.78, 5) is 42.1. The van der Waals surface area contributed by atoms with Crippen LogP contribution in [0.1, 0.15) is 54.4 Å². The molecule has 5 rings (SSSR count). The van der Waals surface area contributed by atoms with Gasteiger partial charge in [-0.2, -0.15) is 0 Å². The molecule has 1 aliphatic rings. The average Bonchev–Trinajstić information content (AvgIpc) is 2.96. The molecular weight excluding hydrogens is 589 g/mol. The second kappa shape index (κ2) is 12.1. The number of anilines is 1. The van der Waals surface area contributed by atoms with Crippen molar-refractivity contribution in [2.75, 3.05) is 11.9 Å². The molecule has 0 bridgehead atoms. The zero-order valence-corrected chi connectivity index (χ0v) is 25.3. The molecule has 1 aliphatic carbocycles. The Morgan fingerprint density at radius 3 is 2.49 bits per heavy atom. The van der Waals surface area contributed by atoms with E-state index in [2.05, 4.69) is 32.2 Å². The van der Waals surface area contributed by atoms with Crippen LogP contribution in [0.5, 0.6) is 0 Å². The Kier molecular flexibility index (Phi) is 8.53. The largest absolute Gasteiger partial charge is 0.452 e. The molecule has 1 aromatic heterocycles. The Morgan fingerprint density at radius 1 is 1.07 bits per heavy atom. The van der Waals surface area contributed by atoms with Crippen molar-refractivity contribution in [2.24, 2.45) is 11.3 Å². The number of carbonyl (C=O) groups excluding carboxylic acids is 2. The number of hydrogen-bond acceptors (Lipinski definition) is 6. The number of amides is 1. The summed E-state index contributed by atoms with van der Waals surface area (Å²) in [6.07, 6.45) is 3.46. The lowest BCUT2D eigenvalue weighted by Gasteiger charge is -2.36. The molecule has 0 radical (unpaired) electrons. The predicted octanol–water partition coefficient (Wildman–Crippen LogP) is 8.39. The van der Waals surface area contributed by atoms with Crippen LogP contribution in [0.15, 0.2) is 66.7 Å². The van der Waals surface area contributed by atoms with Crippen molar-refractivity contribution < 1.29 is 19.2 Å². The number of esters is 1. The molecule has 10 heteroatoms. The van der Waals surface area contributed by atoms with Crippen molar-refractivity contribution in [1.82, 2.24) is 4.98 Å². The number of halogens is 2. The Balaban J connectivity index is 1.51. The summed E-state index contributed by atoms with van der Waals surface area (Å²) in [5, 5.41) is 15.0. The van der Waals surface area contributed by atoms with E-state index in [0.29, 0.717) is 27.9 Å². The number of ether oxygens (including phenoxy) is 1. The first-order chi connectivity index (χ1) is 20.4. The van der Waals surface area contributed by atoms with Gasteiger partial charge in [-0.1, -0.05) is 74.3 Å². The molecule has 220 valence electrons. The zero-order valence-electron chi connectivity index (χ0n) is 23.8. The van der Waals surface area contributed by atoms with Crippen LogP contribution in [0.4, 0.5) is 11.4 Å². The first-order valence-electron chi connectivity index (χ1n) is 13.7. The van der Waals surface area contributed by atoms with Gasteiger partial charge >= 0.3 is 5.97 Å². The van der Waals surface area contributed by atoms with Gasteiger partial charge in [0.1, 0.15) is 0 Å². The monoisotopic (exact) mass is 617 g/mol. The number of pyridine rings is 1. The van der Waals surface area contributed by atoms with Gasteiger partial charge in [0.2, 0.25) is 0 Å². The number of aromatic nitrogens is 1. The quantitative estimate of drug-likeness (QED) is 0.132. The van der Waals surface area contributed by atoms with Crippen LogP contribution in [0.25, 0.3) is 22.6 Å². The highest BCUT2D eigenvalue weighted by atomic mass is 35.5. The van der Waals surface area contributed by atoms with Crippen molar-refractivity contribution in [3.63, 3.8) is 0 Å². The van der Waals surface area contributed by atoms with Crippen molar-refractivity contribution in [2.45, 2.75) is 33.6 Å². The van der Waals surface area contributed by atoms with E-state index in [0.717, 1.165) is 34.9 Å². The number of nitrogens with zero attached hydrogens (tertiary/aromatic N) is 2. The van der Waals surface area contributed by atoms with Gasteiger partial charge in [-0.3, -0.25) is 14.9 Å². The molecule has 0 saturated carbocycles. The fourth-order valence-electron chi connectivity index (χ4n) is 5.24. The van der Waals surface area contributed by atoms with E-state index >= 15 is 0 Å². The summed E-state index contributed by atoms with van der Waals surface area (Å²) in [6, 6.07) is 18.6. The molecule has 0 spiro atoms. The van der Waals surface area contributed by atoms with Crippen molar-refractivity contribution in [3.8, 4) is 0 Å². The van der Waals surface area contributed by atoms with Crippen LogP contribution in [0.2, 0.25) is 10.0 Å². The van der Waals surface area contributed by atoms with Crippen molar-refractivity contribution in [1.29, 1.82) is 0 Å². The van der Waals surface area contributed by atoms with Gasteiger partial charge < -0.3 is 10.1 Å². The molecule has 1 unspecified atom stereocenters. The number of non-ortho nitro benzene ring substituents is 1. The van der Waals surface area contributed by atoms with Crippen molar-refractivity contribution in [3.05, 3.63) is 109 Å². The maximum absolute atomic E-state index is 13.8. The highest BCUT2D eigenvalue weighted by Crippen LogP contribution is 2.45. The maximum atomic E-state index is 13.8. The number of benzene rings is 3. The highest BCUT2D eigenvalue weighted by Gasteiger charge is 2.35. The number of nitrogens with one attached hydrogen (secondary N) is 1. The summed E-state index contributed by atoms with van der Waals surface area (Å²) in [6.45, 7) is 5.93. The summed E-state index contributed by atoms with van der Waals surface area (Å²) in [7, 11) is 0. The van der Waals surface area contributed by atoms with Crippen LogP contribution in [-0.4, -0.2) is 28.4 Å². The summed E-state index contributed by atoms with van der Waals surface area (Å²) < 4.78 is 5.55. The van der Waals surface area contributed by atoms with E-state index < -0.39 is 23.4 Å². The van der Waals surface area contributed by atoms with E-state index in [1.54, 1.807) is 0 Å². The summed E-state index contributed by atoms with van der Waals surface area (Å²) in [5.74, 6) is -1.14. The minimum Gasteiger partial charge on any atom is -0.452 e. The SMILES string of the molecule is CC(C)(C)C1C/C(=C/c2ccc(Cl)cc2)c2nc3ccccc3c(C(=O)OCC(=O)Nc3cc([N+](=O)[O-])ccc3Cl)c2C1. The molecule has 1 N–H and O–H groups in total. The van der Waals surface area contributed by atoms with Crippen LogP contribution >= 0.6 is 23.2 Å². The number of allylic oxidation sites excluding steroid dienone is 1. The average molecular weight is 619 g/mol. The Morgan fingerprint density at radius 2 is 1.79 bits per heavy atom. The lowest BCUT2D eigenvalue weighted by atomic mass is 9.69. The normalized spacial score (nSPS) is 15.7. The lowest BCUT2D eigenvalue weighted by molar-refractivity contribution is -0.384. The van der Waals surface area contributed by atoms with Gasteiger partial charge in [0.15, 0.2) is 6.61 Å². The molecular formula is C33H29Cl2N3O5. The number of hydrogen-bond donors (Lipinski definition) is 1. The zero-order chi connectivity index (χ0) is 30.9. The van der Waals surface area contributed by atoms with E-state index in [-0.39, 0.29) is 27.7 Å². The van der Waals surface area contributed by atoms with Gasteiger partial charge in [0, 0.05) is 22.5 Å². The van der Waals surface area contributed by atoms with Crippen LogP contribution in [0, 0.1) is 21.4 Å². The highest BCUT2D eigenvalue weighted by molar-refractivity contribution is 6.33. The number of carbonyl (C=O) groups is 2. The van der Waals surface area contributed by atoms with Gasteiger partial charge in [-0.05, 0) is 71.2 Å². The molecule has 0 saturated heterocycles. The fourth-order valence-corrected chi connectivity index (χ4v) is 5.53. The van der Waals surface area contributed by atoms with E-state index in [9.17, 15) is 19.7 Å². The number of fused-ring (bicyclic) bond motifs is 2. The number of para-hydroxylation sites is 1. The van der Waals surface area contributed by atoms with Gasteiger partial charge in [-0.25, -0.2) is 9.78 Å². The van der Waals surface area contributed by atoms with E-state index in [1.807, 2.05) is 48.5 Å². The molecule has 3 aromatic carbocycles.